The van der Waals surface area contributed by atoms with Gasteiger partial charge in [0.15, 0.2) is 0 Å². The van der Waals surface area contributed by atoms with Crippen LogP contribution in [0.25, 0.3) is 10.9 Å². The predicted octanol–water partition coefficient (Wildman–Crippen LogP) is 3.49. The van der Waals surface area contributed by atoms with Crippen molar-refractivity contribution < 1.29 is 17.6 Å². The highest BCUT2D eigenvalue weighted by Crippen LogP contribution is 2.30. The summed E-state index contributed by atoms with van der Waals surface area (Å²) in [5.41, 5.74) is -0.185. The minimum atomic E-state index is -4.44. The van der Waals surface area contributed by atoms with Gasteiger partial charge in [0.25, 0.3) is 0 Å². The second-order valence-corrected chi connectivity index (χ2v) is 7.36. The third-order valence-electron chi connectivity index (χ3n) is 5.36. The van der Waals surface area contributed by atoms with Crippen molar-refractivity contribution in [3.8, 4) is 6.07 Å². The molecule has 0 saturated carbocycles. The molecule has 1 N–H and O–H groups in total. The number of halogens is 4. The Morgan fingerprint density at radius 3 is 2.39 bits per heavy atom. The van der Waals surface area contributed by atoms with Crippen LogP contribution in [-0.2, 0) is 12.7 Å². The molecular formula is C22H18F4N4O. The van der Waals surface area contributed by atoms with Crippen molar-refractivity contribution in [2.45, 2.75) is 12.7 Å². The number of alkyl halides is 3. The molecule has 0 bridgehead atoms. The highest BCUT2D eigenvalue weighted by atomic mass is 19.4. The zero-order chi connectivity index (χ0) is 22.2. The molecule has 5 nitrogen and oxygen atoms in total. The molecule has 160 valence electrons. The summed E-state index contributed by atoms with van der Waals surface area (Å²) in [5, 5.41) is 12.6. The first-order chi connectivity index (χ1) is 14.8. The normalized spacial score (nSPS) is 14.6. The predicted molar refractivity (Wildman–Crippen MR) is 109 cm³/mol. The average molecular weight is 430 g/mol. The molecule has 1 saturated heterocycles. The molecule has 0 radical (unpaired) electrons. The van der Waals surface area contributed by atoms with E-state index in [4.69, 9.17) is 0 Å². The number of anilines is 1. The molecule has 1 aliphatic heterocycles. The first kappa shape index (κ1) is 20.9. The summed E-state index contributed by atoms with van der Waals surface area (Å²) in [6.45, 7) is 2.71. The zero-order valence-corrected chi connectivity index (χ0v) is 16.3. The number of nitrogens with zero attached hydrogens (tertiary/aromatic N) is 3. The number of hydrogen-bond acceptors (Lipinski definition) is 4. The molecule has 2 heterocycles. The Kier molecular flexibility index (Phi) is 5.41. The molecular weight excluding hydrogens is 412 g/mol. The van der Waals surface area contributed by atoms with Crippen molar-refractivity contribution in [2.75, 3.05) is 31.1 Å². The second-order valence-electron chi connectivity index (χ2n) is 7.36. The Bertz CT molecular complexity index is 1220. The van der Waals surface area contributed by atoms with Crippen molar-refractivity contribution in [3.05, 3.63) is 75.3 Å². The number of aromatic nitrogens is 1. The summed E-state index contributed by atoms with van der Waals surface area (Å²) in [4.78, 5) is 14.5. The van der Waals surface area contributed by atoms with E-state index in [9.17, 15) is 27.6 Å². The topological polar surface area (TPSA) is 61.1 Å². The average Bonchev–Trinajstić information content (AvgIpc) is 2.76. The number of pyridine rings is 1. The first-order valence-corrected chi connectivity index (χ1v) is 9.66. The van der Waals surface area contributed by atoms with E-state index in [1.165, 1.54) is 18.3 Å². The first-order valence-electron chi connectivity index (χ1n) is 9.66. The van der Waals surface area contributed by atoms with E-state index >= 15 is 0 Å². The van der Waals surface area contributed by atoms with Gasteiger partial charge in [0.2, 0.25) is 5.43 Å². The van der Waals surface area contributed by atoms with Crippen LogP contribution in [0.3, 0.4) is 0 Å². The van der Waals surface area contributed by atoms with Gasteiger partial charge in [0, 0.05) is 38.9 Å². The van der Waals surface area contributed by atoms with Crippen molar-refractivity contribution in [3.63, 3.8) is 0 Å². The third-order valence-corrected chi connectivity index (χ3v) is 5.36. The Hall–Kier alpha value is -3.38. The highest BCUT2D eigenvalue weighted by Gasteiger charge is 2.30. The van der Waals surface area contributed by atoms with Crippen LogP contribution >= 0.6 is 0 Å². The van der Waals surface area contributed by atoms with Crippen LogP contribution in [-0.4, -0.2) is 30.7 Å². The minimum absolute atomic E-state index is 0.0577. The van der Waals surface area contributed by atoms with Gasteiger partial charge in [-0.05, 0) is 29.8 Å². The Balaban J connectivity index is 1.82. The molecule has 1 aromatic heterocycles. The van der Waals surface area contributed by atoms with Crippen LogP contribution in [0.2, 0.25) is 0 Å². The number of benzene rings is 2. The van der Waals surface area contributed by atoms with Crippen LogP contribution in [0.4, 0.5) is 23.2 Å². The van der Waals surface area contributed by atoms with E-state index in [-0.39, 0.29) is 17.5 Å². The fourth-order valence-corrected chi connectivity index (χ4v) is 3.75. The van der Waals surface area contributed by atoms with E-state index < -0.39 is 23.0 Å². The van der Waals surface area contributed by atoms with Crippen LogP contribution in [0, 0.1) is 17.1 Å². The van der Waals surface area contributed by atoms with Crippen molar-refractivity contribution in [2.24, 2.45) is 0 Å². The molecule has 0 amide bonds. The molecule has 2 aromatic carbocycles. The second kappa shape index (κ2) is 8.04. The van der Waals surface area contributed by atoms with E-state index in [0.29, 0.717) is 42.9 Å². The van der Waals surface area contributed by atoms with Gasteiger partial charge in [-0.3, -0.25) is 4.79 Å². The lowest BCUT2D eigenvalue weighted by atomic mass is 10.1. The zero-order valence-electron chi connectivity index (χ0n) is 16.3. The van der Waals surface area contributed by atoms with Crippen molar-refractivity contribution in [1.82, 2.24) is 9.88 Å². The molecule has 1 aliphatic rings. The molecule has 0 unspecified atom stereocenters. The van der Waals surface area contributed by atoms with Crippen LogP contribution in [0.1, 0.15) is 16.7 Å². The number of rotatable bonds is 3. The van der Waals surface area contributed by atoms with Gasteiger partial charge in [-0.2, -0.15) is 18.4 Å². The number of piperazine rings is 1. The summed E-state index contributed by atoms with van der Waals surface area (Å²) in [5.74, 6) is -0.553. The lowest BCUT2D eigenvalue weighted by molar-refractivity contribution is -0.137. The lowest BCUT2D eigenvalue weighted by Gasteiger charge is -2.30. The van der Waals surface area contributed by atoms with Crippen LogP contribution in [0.15, 0.2) is 47.4 Å². The van der Waals surface area contributed by atoms with Gasteiger partial charge >= 0.3 is 6.18 Å². The van der Waals surface area contributed by atoms with Gasteiger partial charge in [0.05, 0.1) is 22.2 Å². The number of nitriles is 1. The van der Waals surface area contributed by atoms with Gasteiger partial charge < -0.3 is 14.8 Å². The summed E-state index contributed by atoms with van der Waals surface area (Å²) in [6, 6.07) is 9.19. The van der Waals surface area contributed by atoms with Gasteiger partial charge in [-0.1, -0.05) is 12.1 Å². The number of nitrogens with one attached hydrogen (secondary N) is 1. The largest absolute Gasteiger partial charge is 0.416 e. The maximum absolute atomic E-state index is 14.8. The molecule has 0 spiro atoms. The molecule has 9 heteroatoms. The van der Waals surface area contributed by atoms with E-state index in [2.05, 4.69) is 5.32 Å². The van der Waals surface area contributed by atoms with E-state index in [0.717, 1.165) is 18.2 Å². The fraction of sp³-hybridized carbons (Fsp3) is 0.273. The third kappa shape index (κ3) is 4.11. The van der Waals surface area contributed by atoms with Gasteiger partial charge in [-0.25, -0.2) is 4.39 Å². The lowest BCUT2D eigenvalue weighted by Crippen LogP contribution is -2.43. The molecule has 4 rings (SSSR count). The summed E-state index contributed by atoms with van der Waals surface area (Å²) >= 11 is 0. The Labute approximate surface area is 175 Å². The number of hydrogen-bond donors (Lipinski definition) is 1. The van der Waals surface area contributed by atoms with Crippen LogP contribution in [0.5, 0.6) is 0 Å². The number of fused-ring (bicyclic) bond motifs is 1. The molecule has 3 aromatic rings. The standard InChI is InChI=1S/C22H18F4N4O/c23-18-9-17-19(10-20(18)29-7-5-28-6-8-29)30(13-15(11-27)21(17)31)12-14-1-3-16(4-2-14)22(24,25)26/h1-4,9-10,13,28H,5-8,12H2. The van der Waals surface area contributed by atoms with Crippen molar-refractivity contribution >= 4 is 16.6 Å². The molecule has 31 heavy (non-hydrogen) atoms. The summed E-state index contributed by atoms with van der Waals surface area (Å²) in [6.07, 6.45) is -3.08. The van der Waals surface area contributed by atoms with E-state index in [1.807, 2.05) is 11.0 Å². The molecule has 0 atom stereocenters. The molecule has 1 fully saturated rings. The Morgan fingerprint density at radius 2 is 1.77 bits per heavy atom. The molecule has 0 aliphatic carbocycles. The maximum atomic E-state index is 14.8. The van der Waals surface area contributed by atoms with Crippen LogP contribution < -0.4 is 15.6 Å². The summed E-state index contributed by atoms with van der Waals surface area (Å²) < 4.78 is 54.9. The smallest absolute Gasteiger partial charge is 0.367 e. The Morgan fingerprint density at radius 1 is 1.10 bits per heavy atom. The van der Waals surface area contributed by atoms with E-state index in [1.54, 1.807) is 10.6 Å². The quantitative estimate of drug-likeness (QED) is 0.647. The summed E-state index contributed by atoms with van der Waals surface area (Å²) in [7, 11) is 0. The minimum Gasteiger partial charge on any atom is -0.367 e. The van der Waals surface area contributed by atoms with Gasteiger partial charge in [-0.15, -0.1) is 0 Å². The monoisotopic (exact) mass is 430 g/mol. The SMILES string of the molecule is N#Cc1cn(Cc2ccc(C(F)(F)F)cc2)c2cc(N3CCNCC3)c(F)cc2c1=O. The maximum Gasteiger partial charge on any atom is 0.416 e. The van der Waals surface area contributed by atoms with Crippen molar-refractivity contribution in [1.29, 1.82) is 5.26 Å². The highest BCUT2D eigenvalue weighted by molar-refractivity contribution is 5.84. The van der Waals surface area contributed by atoms with Gasteiger partial charge in [0.1, 0.15) is 17.4 Å². The fourth-order valence-electron chi connectivity index (χ4n) is 3.75.